The minimum absolute atomic E-state index is 0.0263. The summed E-state index contributed by atoms with van der Waals surface area (Å²) in [7, 11) is 0. The number of aromatic nitrogens is 4. The number of nitrogens with one attached hydrogen (secondary N) is 1. The van der Waals surface area contributed by atoms with E-state index in [2.05, 4.69) is 15.2 Å². The lowest BCUT2D eigenvalue weighted by Gasteiger charge is -2.04. The quantitative estimate of drug-likeness (QED) is 0.409. The SMILES string of the molecule is CC(=O)c1ccc(Cn2ccc(C(=O)C=C(O)c3nc[nH]n3)c2)cc1. The van der Waals surface area contributed by atoms with Crippen LogP contribution in [0.5, 0.6) is 0 Å². The second-order valence-electron chi connectivity index (χ2n) is 5.54. The Morgan fingerprint density at radius 2 is 1.96 bits per heavy atom. The summed E-state index contributed by atoms with van der Waals surface area (Å²) in [4.78, 5) is 27.2. The molecule has 3 rings (SSSR count). The lowest BCUT2D eigenvalue weighted by atomic mass is 10.1. The van der Waals surface area contributed by atoms with Gasteiger partial charge in [-0.1, -0.05) is 24.3 Å². The number of rotatable bonds is 6. The summed E-state index contributed by atoms with van der Waals surface area (Å²) in [6.45, 7) is 2.10. The van der Waals surface area contributed by atoms with Gasteiger partial charge in [-0.05, 0) is 18.6 Å². The molecule has 2 N–H and O–H groups in total. The molecular weight excluding hydrogens is 320 g/mol. The van der Waals surface area contributed by atoms with E-state index < -0.39 is 0 Å². The molecule has 0 bridgehead atoms. The van der Waals surface area contributed by atoms with E-state index in [1.807, 2.05) is 16.7 Å². The van der Waals surface area contributed by atoms with Crippen molar-refractivity contribution in [2.24, 2.45) is 0 Å². The molecule has 0 aliphatic carbocycles. The number of H-pyrrole nitrogens is 1. The van der Waals surface area contributed by atoms with Gasteiger partial charge in [-0.25, -0.2) is 4.98 Å². The number of ketones is 2. The van der Waals surface area contributed by atoms with Crippen LogP contribution in [0.4, 0.5) is 0 Å². The van der Waals surface area contributed by atoms with Gasteiger partial charge in [-0.3, -0.25) is 14.7 Å². The van der Waals surface area contributed by atoms with Crippen LogP contribution in [0.15, 0.2) is 55.1 Å². The molecule has 7 nitrogen and oxygen atoms in total. The summed E-state index contributed by atoms with van der Waals surface area (Å²) in [6.07, 6.45) is 5.88. The Balaban J connectivity index is 1.70. The number of hydrogen-bond acceptors (Lipinski definition) is 5. The van der Waals surface area contributed by atoms with Crippen molar-refractivity contribution in [1.82, 2.24) is 19.7 Å². The number of carbonyl (C=O) groups is 2. The van der Waals surface area contributed by atoms with Crippen molar-refractivity contribution in [3.8, 4) is 0 Å². The molecule has 25 heavy (non-hydrogen) atoms. The van der Waals surface area contributed by atoms with Crippen molar-refractivity contribution >= 4 is 17.3 Å². The molecule has 0 aliphatic rings. The van der Waals surface area contributed by atoms with E-state index in [1.165, 1.54) is 13.3 Å². The standard InChI is InChI=1S/C18H16N4O3/c1-12(23)14-4-2-13(3-5-14)9-22-7-6-15(10-22)16(24)8-17(25)18-19-11-20-21-18/h2-8,10-11,25H,9H2,1H3,(H,19,20,21). The van der Waals surface area contributed by atoms with Crippen molar-refractivity contribution in [2.45, 2.75) is 13.5 Å². The van der Waals surface area contributed by atoms with Gasteiger partial charge in [0, 0.05) is 36.1 Å². The van der Waals surface area contributed by atoms with Crippen molar-refractivity contribution in [2.75, 3.05) is 0 Å². The van der Waals surface area contributed by atoms with E-state index in [9.17, 15) is 14.7 Å². The molecule has 3 aromatic rings. The molecule has 0 saturated carbocycles. The van der Waals surface area contributed by atoms with Gasteiger partial charge in [-0.15, -0.1) is 0 Å². The molecule has 7 heteroatoms. The minimum Gasteiger partial charge on any atom is -0.504 e. The van der Waals surface area contributed by atoms with E-state index in [0.29, 0.717) is 17.7 Å². The number of Topliss-reactive ketones (excluding diaryl/α,β-unsaturated/α-hetero) is 1. The Bertz CT molecular complexity index is 922. The lowest BCUT2D eigenvalue weighted by Crippen LogP contribution is -1.99. The molecule has 1 aromatic carbocycles. The Kier molecular flexibility index (Phi) is 4.56. The number of aliphatic hydroxyl groups is 1. The Hall–Kier alpha value is -3.48. The number of aliphatic hydroxyl groups excluding tert-OH is 1. The monoisotopic (exact) mass is 336 g/mol. The maximum Gasteiger partial charge on any atom is 0.215 e. The Labute approximate surface area is 143 Å². The number of carbonyl (C=O) groups excluding carboxylic acids is 2. The molecule has 0 amide bonds. The first-order valence-electron chi connectivity index (χ1n) is 7.60. The fourth-order valence-electron chi connectivity index (χ4n) is 2.34. The summed E-state index contributed by atoms with van der Waals surface area (Å²) in [5.41, 5.74) is 2.13. The predicted octanol–water partition coefficient (Wildman–Crippen LogP) is 2.64. The summed E-state index contributed by atoms with van der Waals surface area (Å²) in [5.74, 6) is -0.538. The average Bonchev–Trinajstić information content (AvgIpc) is 3.27. The van der Waals surface area contributed by atoms with Crippen LogP contribution in [0.3, 0.4) is 0 Å². The molecule has 0 aliphatic heterocycles. The Morgan fingerprint density at radius 1 is 1.20 bits per heavy atom. The second-order valence-corrected chi connectivity index (χ2v) is 5.54. The molecule has 2 aromatic heterocycles. The van der Waals surface area contributed by atoms with E-state index in [-0.39, 0.29) is 23.2 Å². The van der Waals surface area contributed by atoms with Gasteiger partial charge in [0.2, 0.25) is 5.82 Å². The van der Waals surface area contributed by atoms with Gasteiger partial charge in [0.15, 0.2) is 17.3 Å². The van der Waals surface area contributed by atoms with Crippen molar-refractivity contribution in [3.05, 3.63) is 77.6 Å². The lowest BCUT2D eigenvalue weighted by molar-refractivity contribution is 0.101. The third kappa shape index (κ3) is 3.89. The zero-order valence-electron chi connectivity index (χ0n) is 13.5. The van der Waals surface area contributed by atoms with Crippen LogP contribution in [-0.4, -0.2) is 36.4 Å². The molecule has 0 fully saturated rings. The van der Waals surface area contributed by atoms with Crippen LogP contribution in [0.2, 0.25) is 0 Å². The predicted molar refractivity (Wildman–Crippen MR) is 91.3 cm³/mol. The van der Waals surface area contributed by atoms with E-state index in [4.69, 9.17) is 0 Å². The van der Waals surface area contributed by atoms with E-state index >= 15 is 0 Å². The van der Waals surface area contributed by atoms with Gasteiger partial charge in [0.1, 0.15) is 6.33 Å². The number of nitrogens with zero attached hydrogens (tertiary/aromatic N) is 3. The molecule has 0 unspecified atom stereocenters. The molecule has 0 atom stereocenters. The highest BCUT2D eigenvalue weighted by atomic mass is 16.3. The first-order chi connectivity index (χ1) is 12.0. The molecule has 0 spiro atoms. The highest BCUT2D eigenvalue weighted by Gasteiger charge is 2.10. The number of aromatic amines is 1. The number of benzene rings is 1. The molecule has 0 saturated heterocycles. The first-order valence-corrected chi connectivity index (χ1v) is 7.60. The fraction of sp³-hybridized carbons (Fsp3) is 0.111. The summed E-state index contributed by atoms with van der Waals surface area (Å²) in [6, 6.07) is 9.00. The van der Waals surface area contributed by atoms with Crippen LogP contribution in [-0.2, 0) is 6.54 Å². The number of allylic oxidation sites excluding steroid dienone is 1. The topological polar surface area (TPSA) is 101 Å². The van der Waals surface area contributed by atoms with Crippen LogP contribution < -0.4 is 0 Å². The third-order valence-corrected chi connectivity index (χ3v) is 3.67. The molecular formula is C18H16N4O3. The maximum absolute atomic E-state index is 12.2. The molecule has 0 radical (unpaired) electrons. The largest absolute Gasteiger partial charge is 0.504 e. The van der Waals surface area contributed by atoms with Crippen LogP contribution in [0.1, 0.15) is 39.0 Å². The van der Waals surface area contributed by atoms with Crippen molar-refractivity contribution < 1.29 is 14.7 Å². The van der Waals surface area contributed by atoms with Gasteiger partial charge in [0.05, 0.1) is 0 Å². The minimum atomic E-state index is -0.340. The zero-order valence-corrected chi connectivity index (χ0v) is 13.5. The molecule has 2 heterocycles. The average molecular weight is 336 g/mol. The van der Waals surface area contributed by atoms with Crippen LogP contribution in [0.25, 0.3) is 5.76 Å². The van der Waals surface area contributed by atoms with Gasteiger partial charge >= 0.3 is 0 Å². The third-order valence-electron chi connectivity index (χ3n) is 3.67. The van der Waals surface area contributed by atoms with Crippen LogP contribution in [0, 0.1) is 0 Å². The summed E-state index contributed by atoms with van der Waals surface area (Å²) in [5, 5.41) is 16.0. The van der Waals surface area contributed by atoms with E-state index in [0.717, 1.165) is 11.6 Å². The van der Waals surface area contributed by atoms with Gasteiger partial charge < -0.3 is 9.67 Å². The van der Waals surface area contributed by atoms with E-state index in [1.54, 1.807) is 30.6 Å². The highest BCUT2D eigenvalue weighted by molar-refractivity contribution is 6.07. The fourth-order valence-corrected chi connectivity index (χ4v) is 2.34. The van der Waals surface area contributed by atoms with Gasteiger partial charge in [-0.2, -0.15) is 5.10 Å². The molecule has 126 valence electrons. The van der Waals surface area contributed by atoms with Crippen molar-refractivity contribution in [3.63, 3.8) is 0 Å². The van der Waals surface area contributed by atoms with Crippen molar-refractivity contribution in [1.29, 1.82) is 0 Å². The van der Waals surface area contributed by atoms with Gasteiger partial charge in [0.25, 0.3) is 0 Å². The summed E-state index contributed by atoms with van der Waals surface area (Å²) < 4.78 is 1.85. The highest BCUT2D eigenvalue weighted by Crippen LogP contribution is 2.11. The Morgan fingerprint density at radius 3 is 2.60 bits per heavy atom. The number of hydrogen-bond donors (Lipinski definition) is 2. The second kappa shape index (κ2) is 6.96. The first kappa shape index (κ1) is 16.4. The van der Waals surface area contributed by atoms with Crippen LogP contribution >= 0.6 is 0 Å². The normalized spacial score (nSPS) is 11.5. The zero-order chi connectivity index (χ0) is 17.8. The summed E-state index contributed by atoms with van der Waals surface area (Å²) >= 11 is 0. The smallest absolute Gasteiger partial charge is 0.215 e. The maximum atomic E-state index is 12.2.